The van der Waals surface area contributed by atoms with E-state index in [1.54, 1.807) is 6.08 Å². The molecular weight excluding hydrogens is 895 g/mol. The third kappa shape index (κ3) is 27.5. The van der Waals surface area contributed by atoms with Crippen LogP contribution in [0.2, 0.25) is 0 Å². The number of hydrogen-bond acceptors (Lipinski definition) is 13. The lowest BCUT2D eigenvalue weighted by Gasteiger charge is -2.46. The molecule has 14 heteroatoms. The number of carbonyl (C=O) groups is 1. The molecule has 70 heavy (non-hydrogen) atoms. The molecule has 12 atom stereocenters. The molecule has 0 bridgehead atoms. The summed E-state index contributed by atoms with van der Waals surface area (Å²) in [7, 11) is 0. The van der Waals surface area contributed by atoms with Crippen LogP contribution in [-0.2, 0) is 23.7 Å². The lowest BCUT2D eigenvalue weighted by atomic mass is 9.97. The summed E-state index contributed by atoms with van der Waals surface area (Å²) in [6.07, 6.45) is 39.9. The Hall–Kier alpha value is -3.35. The summed E-state index contributed by atoms with van der Waals surface area (Å²) in [5.41, 5.74) is 0. The van der Waals surface area contributed by atoms with E-state index in [1.165, 1.54) is 25.7 Å². The SMILES string of the molecule is CC/C=C\C/C=C\C/C=C\C/C=C\C/C=C\C/C=C\C/C=C\CCCCCC(=O)NC(COC1OC(CO)C(OC2OC(CO)C(O)C(O)C2O)C(O)C1O)C(O)/C=C/CC/C=C/CCCCCCC. The van der Waals surface area contributed by atoms with Gasteiger partial charge in [-0.05, 0) is 89.9 Å². The summed E-state index contributed by atoms with van der Waals surface area (Å²) >= 11 is 0. The van der Waals surface area contributed by atoms with Crippen molar-refractivity contribution in [2.45, 2.75) is 216 Å². The van der Waals surface area contributed by atoms with Crippen LogP contribution in [0.3, 0.4) is 0 Å². The van der Waals surface area contributed by atoms with Crippen molar-refractivity contribution in [3.63, 3.8) is 0 Å². The first kappa shape index (κ1) is 62.8. The molecule has 0 aliphatic carbocycles. The normalized spacial score (nSPS) is 26.9. The van der Waals surface area contributed by atoms with Crippen molar-refractivity contribution in [2.24, 2.45) is 0 Å². The van der Waals surface area contributed by atoms with E-state index >= 15 is 0 Å². The maximum Gasteiger partial charge on any atom is 0.220 e. The Morgan fingerprint density at radius 3 is 1.56 bits per heavy atom. The number of allylic oxidation sites excluding steroid dienone is 17. The van der Waals surface area contributed by atoms with Crippen molar-refractivity contribution in [3.05, 3.63) is 109 Å². The number of amides is 1. The van der Waals surface area contributed by atoms with E-state index in [2.05, 4.69) is 116 Å². The van der Waals surface area contributed by atoms with Crippen LogP contribution in [0.1, 0.15) is 142 Å². The number of aliphatic hydroxyl groups excluding tert-OH is 8. The van der Waals surface area contributed by atoms with E-state index in [4.69, 9.17) is 18.9 Å². The average Bonchev–Trinajstić information content (AvgIpc) is 3.36. The fourth-order valence-electron chi connectivity index (χ4n) is 7.69. The third-order valence-corrected chi connectivity index (χ3v) is 11.9. The second kappa shape index (κ2) is 41.2. The number of hydrogen-bond donors (Lipinski definition) is 9. The molecule has 2 fully saturated rings. The molecule has 2 heterocycles. The van der Waals surface area contributed by atoms with Crippen molar-refractivity contribution in [1.82, 2.24) is 5.32 Å². The maximum atomic E-state index is 13.2. The van der Waals surface area contributed by atoms with Crippen LogP contribution in [0.5, 0.6) is 0 Å². The van der Waals surface area contributed by atoms with E-state index in [1.807, 2.05) is 6.08 Å². The second-order valence-corrected chi connectivity index (χ2v) is 17.9. The number of rotatable bonds is 38. The van der Waals surface area contributed by atoms with E-state index in [0.717, 1.165) is 83.5 Å². The van der Waals surface area contributed by atoms with Crippen LogP contribution < -0.4 is 5.32 Å². The molecule has 2 saturated heterocycles. The van der Waals surface area contributed by atoms with Crippen molar-refractivity contribution in [1.29, 1.82) is 0 Å². The predicted molar refractivity (Wildman–Crippen MR) is 276 cm³/mol. The summed E-state index contributed by atoms with van der Waals surface area (Å²) in [6, 6.07) is -0.956. The molecule has 2 aliphatic rings. The number of nitrogens with one attached hydrogen (secondary N) is 1. The average molecular weight is 986 g/mol. The molecular formula is C56H91NO13. The molecule has 12 unspecified atom stereocenters. The van der Waals surface area contributed by atoms with Gasteiger partial charge in [-0.1, -0.05) is 155 Å². The molecule has 0 aromatic rings. The van der Waals surface area contributed by atoms with Gasteiger partial charge in [0, 0.05) is 6.42 Å². The molecule has 2 rings (SSSR count). The molecule has 398 valence electrons. The largest absolute Gasteiger partial charge is 0.394 e. The zero-order valence-electron chi connectivity index (χ0n) is 42.2. The van der Waals surface area contributed by atoms with Crippen molar-refractivity contribution in [3.8, 4) is 0 Å². The highest BCUT2D eigenvalue weighted by Crippen LogP contribution is 2.30. The van der Waals surface area contributed by atoms with Crippen LogP contribution in [0.4, 0.5) is 0 Å². The quantitative estimate of drug-likeness (QED) is 0.0219. The molecule has 0 saturated carbocycles. The Morgan fingerprint density at radius 1 is 0.529 bits per heavy atom. The van der Waals surface area contributed by atoms with E-state index < -0.39 is 86.8 Å². The number of unbranched alkanes of at least 4 members (excludes halogenated alkanes) is 9. The number of aliphatic hydroxyl groups is 8. The van der Waals surface area contributed by atoms with Gasteiger partial charge in [-0.2, -0.15) is 0 Å². The molecule has 0 spiro atoms. The van der Waals surface area contributed by atoms with E-state index in [9.17, 15) is 45.6 Å². The van der Waals surface area contributed by atoms with Gasteiger partial charge >= 0.3 is 0 Å². The first-order chi connectivity index (χ1) is 34.1. The minimum atomic E-state index is -1.80. The molecule has 2 aliphatic heterocycles. The topological polar surface area (TPSA) is 228 Å². The van der Waals surface area contributed by atoms with Gasteiger partial charge in [0.05, 0.1) is 32.0 Å². The van der Waals surface area contributed by atoms with Crippen LogP contribution in [0.25, 0.3) is 0 Å². The monoisotopic (exact) mass is 986 g/mol. The minimum Gasteiger partial charge on any atom is -0.394 e. The lowest BCUT2D eigenvalue weighted by molar-refractivity contribution is -0.359. The Morgan fingerprint density at radius 2 is 1.00 bits per heavy atom. The second-order valence-electron chi connectivity index (χ2n) is 17.9. The number of carbonyl (C=O) groups excluding carboxylic acids is 1. The minimum absolute atomic E-state index is 0.225. The molecule has 1 amide bonds. The fourth-order valence-corrected chi connectivity index (χ4v) is 7.69. The summed E-state index contributed by atoms with van der Waals surface area (Å²) in [4.78, 5) is 13.2. The summed E-state index contributed by atoms with van der Waals surface area (Å²) in [5, 5.41) is 86.6. The van der Waals surface area contributed by atoms with E-state index in [0.29, 0.717) is 12.8 Å². The van der Waals surface area contributed by atoms with Crippen LogP contribution >= 0.6 is 0 Å². The highest BCUT2D eigenvalue weighted by atomic mass is 16.7. The van der Waals surface area contributed by atoms with Crippen LogP contribution in [0, 0.1) is 0 Å². The molecule has 0 aromatic carbocycles. The molecule has 14 nitrogen and oxygen atoms in total. The van der Waals surface area contributed by atoms with Gasteiger partial charge in [-0.3, -0.25) is 4.79 Å². The summed E-state index contributed by atoms with van der Waals surface area (Å²) in [6.45, 7) is 2.57. The zero-order chi connectivity index (χ0) is 51.0. The van der Waals surface area contributed by atoms with Gasteiger partial charge in [-0.15, -0.1) is 0 Å². The van der Waals surface area contributed by atoms with Crippen molar-refractivity contribution >= 4 is 5.91 Å². The van der Waals surface area contributed by atoms with Gasteiger partial charge in [-0.25, -0.2) is 0 Å². The van der Waals surface area contributed by atoms with Crippen LogP contribution in [0.15, 0.2) is 109 Å². The Balaban J connectivity index is 1.81. The van der Waals surface area contributed by atoms with Gasteiger partial charge in [0.1, 0.15) is 48.8 Å². The summed E-state index contributed by atoms with van der Waals surface area (Å²) < 4.78 is 22.6. The maximum absolute atomic E-state index is 13.2. The van der Waals surface area contributed by atoms with Gasteiger partial charge < -0.3 is 65.1 Å². The highest BCUT2D eigenvalue weighted by molar-refractivity contribution is 5.76. The third-order valence-electron chi connectivity index (χ3n) is 11.9. The standard InChI is InChI=1S/C56H91NO13/c1-3-5-7-9-11-13-15-16-17-18-19-20-21-22-23-24-25-26-27-28-30-32-34-36-38-40-48(61)57-44(45(60)39-37-35-33-31-29-14-12-10-8-6-4-2)43-67-55-53(66)51(64)54(47(42-59)69-55)70-56-52(65)50(63)49(62)46(41-58)68-56/h5,7,11,13,16-17,19-20,22-23,25-26,28-31,37,39,44-47,49-56,58-60,62-66H,3-4,6,8-10,12,14-15,18,21,24,27,32-36,38,40-43H2,1-2H3,(H,57,61)/b7-5-,13-11-,17-16-,20-19-,23-22-,26-25-,30-28-,31-29+,39-37+. The first-order valence-corrected chi connectivity index (χ1v) is 26.1. The van der Waals surface area contributed by atoms with Crippen molar-refractivity contribution in [2.75, 3.05) is 19.8 Å². The fraction of sp³-hybridized carbons (Fsp3) is 0.661. The summed E-state index contributed by atoms with van der Waals surface area (Å²) in [5.74, 6) is -0.289. The zero-order valence-corrected chi connectivity index (χ0v) is 42.2. The molecule has 0 aromatic heterocycles. The van der Waals surface area contributed by atoms with Crippen molar-refractivity contribution < 1.29 is 64.6 Å². The van der Waals surface area contributed by atoms with E-state index in [-0.39, 0.29) is 18.9 Å². The molecule has 9 N–H and O–H groups in total. The van der Waals surface area contributed by atoms with Crippen LogP contribution in [-0.4, -0.2) is 140 Å². The Labute approximate surface area is 419 Å². The lowest BCUT2D eigenvalue weighted by Crippen LogP contribution is -2.65. The number of ether oxygens (including phenoxy) is 4. The Bertz CT molecular complexity index is 1590. The van der Waals surface area contributed by atoms with Gasteiger partial charge in [0.15, 0.2) is 12.6 Å². The first-order valence-electron chi connectivity index (χ1n) is 26.1. The predicted octanol–water partition coefficient (Wildman–Crippen LogP) is 7.32. The van der Waals surface area contributed by atoms with Gasteiger partial charge in [0.25, 0.3) is 0 Å². The highest BCUT2D eigenvalue weighted by Gasteiger charge is 2.51. The Kier molecular flexibility index (Phi) is 36.9. The van der Waals surface area contributed by atoms with Gasteiger partial charge in [0.2, 0.25) is 5.91 Å². The smallest absolute Gasteiger partial charge is 0.220 e. The molecule has 0 radical (unpaired) electrons.